The number of hydrogen-bond acceptors (Lipinski definition) is 4. The summed E-state index contributed by atoms with van der Waals surface area (Å²) in [4.78, 5) is 23.6. The van der Waals surface area contributed by atoms with Crippen LogP contribution in [-0.4, -0.2) is 43.9 Å². The van der Waals surface area contributed by atoms with E-state index in [9.17, 15) is 9.59 Å². The lowest BCUT2D eigenvalue weighted by atomic mass is 9.93. The number of rotatable bonds is 7. The first-order valence-electron chi connectivity index (χ1n) is 6.71. The summed E-state index contributed by atoms with van der Waals surface area (Å²) in [7, 11) is 2.95. The van der Waals surface area contributed by atoms with Gasteiger partial charge in [0.1, 0.15) is 5.75 Å². The molecular formula is C15H19NO5. The zero-order chi connectivity index (χ0) is 15.5. The second-order valence-electron chi connectivity index (χ2n) is 5.10. The molecule has 1 unspecified atom stereocenters. The fourth-order valence-corrected chi connectivity index (χ4v) is 2.42. The molecule has 1 amide bonds. The largest absolute Gasteiger partial charge is 0.496 e. The lowest BCUT2D eigenvalue weighted by Gasteiger charge is -2.21. The van der Waals surface area contributed by atoms with Crippen LogP contribution in [0.2, 0.25) is 0 Å². The van der Waals surface area contributed by atoms with Crippen LogP contribution in [-0.2, 0) is 19.7 Å². The summed E-state index contributed by atoms with van der Waals surface area (Å²) in [5.74, 6) is -0.763. The Kier molecular flexibility index (Phi) is 4.47. The van der Waals surface area contributed by atoms with E-state index in [0.29, 0.717) is 18.6 Å². The molecule has 114 valence electrons. The Morgan fingerprint density at radius 3 is 2.52 bits per heavy atom. The fraction of sp³-hybridized carbons (Fsp3) is 0.467. The van der Waals surface area contributed by atoms with Crippen molar-refractivity contribution in [1.29, 1.82) is 0 Å². The zero-order valence-corrected chi connectivity index (χ0v) is 12.1. The van der Waals surface area contributed by atoms with E-state index >= 15 is 0 Å². The summed E-state index contributed by atoms with van der Waals surface area (Å²) in [5, 5.41) is 11.6. The summed E-state index contributed by atoms with van der Waals surface area (Å²) < 4.78 is 10.1. The fourth-order valence-electron chi connectivity index (χ4n) is 2.42. The van der Waals surface area contributed by atoms with Crippen molar-refractivity contribution >= 4 is 11.9 Å². The Morgan fingerprint density at radius 1 is 1.33 bits per heavy atom. The van der Waals surface area contributed by atoms with Gasteiger partial charge in [-0.2, -0.15) is 0 Å². The molecule has 1 aliphatic rings. The Balaban J connectivity index is 2.20. The summed E-state index contributed by atoms with van der Waals surface area (Å²) >= 11 is 0. The van der Waals surface area contributed by atoms with Crippen LogP contribution >= 0.6 is 0 Å². The number of hydrogen-bond donors (Lipinski definition) is 2. The van der Waals surface area contributed by atoms with Gasteiger partial charge in [0.25, 0.3) is 0 Å². The van der Waals surface area contributed by atoms with Gasteiger partial charge in [-0.3, -0.25) is 4.79 Å². The molecule has 0 bridgehead atoms. The highest BCUT2D eigenvalue weighted by Crippen LogP contribution is 2.51. The van der Waals surface area contributed by atoms with E-state index < -0.39 is 17.4 Å². The van der Waals surface area contributed by atoms with E-state index in [1.807, 2.05) is 18.2 Å². The number of ether oxygens (including phenoxy) is 2. The SMILES string of the molecule is COCC(NC(=O)C1(c2ccccc2OC)CC1)C(=O)O. The molecule has 1 saturated carbocycles. The molecule has 1 aliphatic carbocycles. The van der Waals surface area contributed by atoms with Crippen molar-refractivity contribution in [2.75, 3.05) is 20.8 Å². The molecule has 1 aromatic rings. The molecule has 0 saturated heterocycles. The van der Waals surface area contributed by atoms with Crippen molar-refractivity contribution in [1.82, 2.24) is 5.32 Å². The number of para-hydroxylation sites is 1. The molecular weight excluding hydrogens is 274 g/mol. The predicted octanol–water partition coefficient (Wildman–Crippen LogP) is 0.943. The molecule has 0 spiro atoms. The van der Waals surface area contributed by atoms with Crippen molar-refractivity contribution in [2.24, 2.45) is 0 Å². The Hall–Kier alpha value is -2.08. The van der Waals surface area contributed by atoms with Crippen molar-refractivity contribution in [3.05, 3.63) is 29.8 Å². The number of methoxy groups -OCH3 is 2. The van der Waals surface area contributed by atoms with E-state index in [4.69, 9.17) is 14.6 Å². The smallest absolute Gasteiger partial charge is 0.328 e. The molecule has 6 nitrogen and oxygen atoms in total. The number of carboxylic acids is 1. The third kappa shape index (κ3) is 3.00. The number of aliphatic carboxylic acids is 1. The van der Waals surface area contributed by atoms with Gasteiger partial charge in [0.2, 0.25) is 5.91 Å². The van der Waals surface area contributed by atoms with Crippen LogP contribution in [0.3, 0.4) is 0 Å². The maximum Gasteiger partial charge on any atom is 0.328 e. The molecule has 2 rings (SSSR count). The van der Waals surface area contributed by atoms with Crippen molar-refractivity contribution in [3.63, 3.8) is 0 Å². The number of carboxylic acid groups (broad SMARTS) is 1. The molecule has 0 radical (unpaired) electrons. The summed E-state index contributed by atoms with van der Waals surface area (Å²) in [6, 6.07) is 6.27. The summed E-state index contributed by atoms with van der Waals surface area (Å²) in [6.07, 6.45) is 1.36. The monoisotopic (exact) mass is 293 g/mol. The molecule has 0 heterocycles. The van der Waals surface area contributed by atoms with Gasteiger partial charge in [-0.05, 0) is 18.9 Å². The van der Waals surface area contributed by atoms with Gasteiger partial charge < -0.3 is 19.9 Å². The minimum absolute atomic E-state index is 0.0664. The molecule has 6 heteroatoms. The van der Waals surface area contributed by atoms with Crippen LogP contribution < -0.4 is 10.1 Å². The van der Waals surface area contributed by atoms with Gasteiger partial charge >= 0.3 is 5.97 Å². The maximum atomic E-state index is 12.5. The van der Waals surface area contributed by atoms with Crippen LogP contribution in [0.25, 0.3) is 0 Å². The van der Waals surface area contributed by atoms with E-state index in [0.717, 1.165) is 5.56 Å². The molecule has 1 fully saturated rings. The minimum atomic E-state index is -1.11. The first-order chi connectivity index (χ1) is 10.0. The second kappa shape index (κ2) is 6.13. The highest BCUT2D eigenvalue weighted by Gasteiger charge is 2.53. The van der Waals surface area contributed by atoms with Gasteiger partial charge in [-0.15, -0.1) is 0 Å². The van der Waals surface area contributed by atoms with E-state index in [1.54, 1.807) is 13.2 Å². The molecule has 21 heavy (non-hydrogen) atoms. The van der Waals surface area contributed by atoms with Gasteiger partial charge in [0.05, 0.1) is 19.1 Å². The van der Waals surface area contributed by atoms with Gasteiger partial charge in [-0.25, -0.2) is 4.79 Å². The van der Waals surface area contributed by atoms with Crippen molar-refractivity contribution < 1.29 is 24.2 Å². The quantitative estimate of drug-likeness (QED) is 0.781. The van der Waals surface area contributed by atoms with Crippen molar-refractivity contribution in [2.45, 2.75) is 24.3 Å². The van der Waals surface area contributed by atoms with E-state index in [-0.39, 0.29) is 12.5 Å². The van der Waals surface area contributed by atoms with E-state index in [2.05, 4.69) is 5.32 Å². The Labute approximate surface area is 123 Å². The third-order valence-electron chi connectivity index (χ3n) is 3.74. The summed E-state index contributed by atoms with van der Waals surface area (Å²) in [6.45, 7) is -0.0664. The number of amides is 1. The third-order valence-corrected chi connectivity index (χ3v) is 3.74. The van der Waals surface area contributed by atoms with Gasteiger partial charge in [0.15, 0.2) is 6.04 Å². The lowest BCUT2D eigenvalue weighted by Crippen LogP contribution is -2.47. The van der Waals surface area contributed by atoms with Gasteiger partial charge in [0, 0.05) is 12.7 Å². The van der Waals surface area contributed by atoms with Crippen LogP contribution in [0.5, 0.6) is 5.75 Å². The van der Waals surface area contributed by atoms with Crippen LogP contribution in [0, 0.1) is 0 Å². The van der Waals surface area contributed by atoms with Crippen LogP contribution in [0.4, 0.5) is 0 Å². The van der Waals surface area contributed by atoms with Crippen LogP contribution in [0.15, 0.2) is 24.3 Å². The highest BCUT2D eigenvalue weighted by atomic mass is 16.5. The molecule has 0 aromatic heterocycles. The number of carbonyl (C=O) groups excluding carboxylic acids is 1. The number of benzene rings is 1. The number of nitrogens with one attached hydrogen (secondary N) is 1. The summed E-state index contributed by atoms with van der Waals surface area (Å²) in [5.41, 5.74) is 0.111. The standard InChI is InChI=1S/C15H19NO5/c1-20-9-11(13(17)18)16-14(19)15(7-8-15)10-5-3-4-6-12(10)21-2/h3-6,11H,7-9H2,1-2H3,(H,16,19)(H,17,18). The average molecular weight is 293 g/mol. The molecule has 1 atom stereocenters. The topological polar surface area (TPSA) is 84.9 Å². The van der Waals surface area contributed by atoms with Crippen LogP contribution in [0.1, 0.15) is 18.4 Å². The average Bonchev–Trinajstić information content (AvgIpc) is 3.28. The Bertz CT molecular complexity index is 539. The molecule has 2 N–H and O–H groups in total. The molecule has 1 aromatic carbocycles. The van der Waals surface area contributed by atoms with Gasteiger partial charge in [-0.1, -0.05) is 18.2 Å². The van der Waals surface area contributed by atoms with E-state index in [1.165, 1.54) is 7.11 Å². The first kappa shape index (κ1) is 15.3. The first-order valence-corrected chi connectivity index (χ1v) is 6.71. The molecule has 0 aliphatic heterocycles. The van der Waals surface area contributed by atoms with Crippen molar-refractivity contribution in [3.8, 4) is 5.75 Å². The maximum absolute atomic E-state index is 12.5. The highest BCUT2D eigenvalue weighted by molar-refractivity contribution is 5.94. The zero-order valence-electron chi connectivity index (χ0n) is 12.1. The predicted molar refractivity (Wildman–Crippen MR) is 75.3 cm³/mol. The normalized spacial score (nSPS) is 16.9. The lowest BCUT2D eigenvalue weighted by molar-refractivity contribution is -0.143. The number of carbonyl (C=O) groups is 2. The minimum Gasteiger partial charge on any atom is -0.496 e. The Morgan fingerprint density at radius 2 is 2.00 bits per heavy atom. The second-order valence-corrected chi connectivity index (χ2v) is 5.10.